The van der Waals surface area contributed by atoms with Crippen molar-refractivity contribution in [2.75, 3.05) is 12.8 Å². The van der Waals surface area contributed by atoms with Crippen molar-refractivity contribution in [2.24, 2.45) is 11.7 Å². The number of nitrogens with two attached hydrogens (primary N) is 2. The molecule has 3 rings (SSSR count). The second-order valence-electron chi connectivity index (χ2n) is 5.79. The van der Waals surface area contributed by atoms with Crippen LogP contribution in [0.2, 0.25) is 0 Å². The fourth-order valence-electron chi connectivity index (χ4n) is 3.71. The minimum atomic E-state index is 0.0375. The largest absolute Gasteiger partial charge is 0.383 e. The number of pyridine rings is 1. The standard InChI is InChI=1S/C14H22N4/c1-18-10-4-5-11(18)8-9(7-10)13(15)12-3-2-6-17-14(12)16/h2-3,6,9-11,13H,4-5,7-8,15H2,1H3,(H2,16,17). The molecule has 1 aromatic rings. The minimum Gasteiger partial charge on any atom is -0.383 e. The lowest BCUT2D eigenvalue weighted by atomic mass is 9.82. The molecule has 2 fully saturated rings. The highest BCUT2D eigenvalue weighted by molar-refractivity contribution is 5.41. The van der Waals surface area contributed by atoms with Crippen LogP contribution < -0.4 is 11.5 Å². The van der Waals surface area contributed by atoms with E-state index in [2.05, 4.69) is 16.9 Å². The summed E-state index contributed by atoms with van der Waals surface area (Å²) in [5.41, 5.74) is 13.4. The van der Waals surface area contributed by atoms with E-state index >= 15 is 0 Å². The third kappa shape index (κ3) is 1.89. The van der Waals surface area contributed by atoms with E-state index in [1.54, 1.807) is 6.20 Å². The quantitative estimate of drug-likeness (QED) is 0.830. The number of hydrogen-bond donors (Lipinski definition) is 2. The van der Waals surface area contributed by atoms with Crippen LogP contribution in [0.1, 0.15) is 37.3 Å². The van der Waals surface area contributed by atoms with Crippen molar-refractivity contribution in [1.82, 2.24) is 9.88 Å². The lowest BCUT2D eigenvalue weighted by Crippen LogP contribution is -2.42. The smallest absolute Gasteiger partial charge is 0.128 e. The van der Waals surface area contributed by atoms with Crippen molar-refractivity contribution in [3.8, 4) is 0 Å². The Morgan fingerprint density at radius 2 is 2.00 bits per heavy atom. The summed E-state index contributed by atoms with van der Waals surface area (Å²) in [7, 11) is 2.25. The highest BCUT2D eigenvalue weighted by Crippen LogP contribution is 2.42. The van der Waals surface area contributed by atoms with E-state index in [1.165, 1.54) is 25.7 Å². The molecule has 2 bridgehead atoms. The zero-order chi connectivity index (χ0) is 12.7. The van der Waals surface area contributed by atoms with Gasteiger partial charge >= 0.3 is 0 Å². The van der Waals surface area contributed by atoms with Crippen LogP contribution in [-0.4, -0.2) is 29.0 Å². The van der Waals surface area contributed by atoms with Gasteiger partial charge in [-0.2, -0.15) is 0 Å². The van der Waals surface area contributed by atoms with Crippen molar-refractivity contribution < 1.29 is 0 Å². The summed E-state index contributed by atoms with van der Waals surface area (Å²) in [4.78, 5) is 6.69. The molecule has 4 N–H and O–H groups in total. The van der Waals surface area contributed by atoms with E-state index in [1.807, 2.05) is 12.1 Å². The molecule has 98 valence electrons. The summed E-state index contributed by atoms with van der Waals surface area (Å²) in [6.45, 7) is 0. The van der Waals surface area contributed by atoms with Crippen molar-refractivity contribution in [1.29, 1.82) is 0 Å². The topological polar surface area (TPSA) is 68.2 Å². The summed E-state index contributed by atoms with van der Waals surface area (Å²) in [6, 6.07) is 5.42. The maximum atomic E-state index is 6.43. The molecule has 1 aromatic heterocycles. The fourth-order valence-corrected chi connectivity index (χ4v) is 3.71. The number of nitrogens with zero attached hydrogens (tertiary/aromatic N) is 2. The Balaban J connectivity index is 1.78. The first-order valence-corrected chi connectivity index (χ1v) is 6.84. The Morgan fingerprint density at radius 3 is 2.61 bits per heavy atom. The summed E-state index contributed by atoms with van der Waals surface area (Å²) in [6.07, 6.45) is 6.77. The Bertz CT molecular complexity index is 420. The van der Waals surface area contributed by atoms with Gasteiger partial charge < -0.3 is 16.4 Å². The van der Waals surface area contributed by atoms with Crippen molar-refractivity contribution in [2.45, 2.75) is 43.8 Å². The van der Waals surface area contributed by atoms with Gasteiger partial charge in [-0.3, -0.25) is 0 Å². The molecular weight excluding hydrogens is 224 g/mol. The first kappa shape index (κ1) is 11.9. The number of aromatic nitrogens is 1. The lowest BCUT2D eigenvalue weighted by molar-refractivity contribution is 0.121. The first-order valence-electron chi connectivity index (χ1n) is 6.84. The van der Waals surface area contributed by atoms with Crippen LogP contribution in [0.5, 0.6) is 0 Å². The summed E-state index contributed by atoms with van der Waals surface area (Å²) >= 11 is 0. The van der Waals surface area contributed by atoms with Gasteiger partial charge in [-0.25, -0.2) is 4.98 Å². The van der Waals surface area contributed by atoms with Gasteiger partial charge in [-0.1, -0.05) is 6.07 Å². The summed E-state index contributed by atoms with van der Waals surface area (Å²) in [5.74, 6) is 1.14. The van der Waals surface area contributed by atoms with Crippen molar-refractivity contribution >= 4 is 5.82 Å². The van der Waals surface area contributed by atoms with Crippen LogP contribution in [0.15, 0.2) is 18.3 Å². The molecule has 0 saturated carbocycles. The van der Waals surface area contributed by atoms with E-state index in [9.17, 15) is 0 Å². The van der Waals surface area contributed by atoms with Crippen LogP contribution in [0.4, 0.5) is 5.82 Å². The molecule has 0 aromatic carbocycles. The molecule has 4 nitrogen and oxygen atoms in total. The van der Waals surface area contributed by atoms with Crippen molar-refractivity contribution in [3.63, 3.8) is 0 Å². The van der Waals surface area contributed by atoms with Crippen molar-refractivity contribution in [3.05, 3.63) is 23.9 Å². The van der Waals surface area contributed by atoms with Crippen LogP contribution in [0, 0.1) is 5.92 Å². The van der Waals surface area contributed by atoms with Crippen LogP contribution in [-0.2, 0) is 0 Å². The molecule has 3 unspecified atom stereocenters. The molecule has 2 aliphatic rings. The lowest BCUT2D eigenvalue weighted by Gasteiger charge is -2.39. The number of fused-ring (bicyclic) bond motifs is 2. The maximum Gasteiger partial charge on any atom is 0.128 e. The first-order chi connectivity index (χ1) is 8.66. The fraction of sp³-hybridized carbons (Fsp3) is 0.643. The van der Waals surface area contributed by atoms with Crippen LogP contribution in [0.25, 0.3) is 0 Å². The molecule has 0 amide bonds. The molecule has 4 heteroatoms. The highest BCUT2D eigenvalue weighted by Gasteiger charge is 2.40. The van der Waals surface area contributed by atoms with E-state index in [0.29, 0.717) is 11.7 Å². The van der Waals surface area contributed by atoms with E-state index in [0.717, 1.165) is 17.6 Å². The SMILES string of the molecule is CN1C2CCC1CC(C(N)c1cccnc1N)C2. The summed E-state index contributed by atoms with van der Waals surface area (Å²) < 4.78 is 0. The predicted octanol–water partition coefficient (Wildman–Crippen LogP) is 1.54. The van der Waals surface area contributed by atoms with E-state index < -0.39 is 0 Å². The van der Waals surface area contributed by atoms with Gasteiger partial charge in [-0.15, -0.1) is 0 Å². The van der Waals surface area contributed by atoms with Gasteiger partial charge in [0, 0.05) is 29.9 Å². The molecule has 2 aliphatic heterocycles. The molecule has 18 heavy (non-hydrogen) atoms. The number of piperidine rings is 1. The average molecular weight is 246 g/mol. The van der Waals surface area contributed by atoms with Gasteiger partial charge in [0.1, 0.15) is 5.82 Å². The zero-order valence-electron chi connectivity index (χ0n) is 10.9. The zero-order valence-corrected chi connectivity index (χ0v) is 10.9. The second kappa shape index (κ2) is 4.52. The van der Waals surface area contributed by atoms with Gasteiger partial charge in [0.25, 0.3) is 0 Å². The van der Waals surface area contributed by atoms with Gasteiger partial charge in [0.2, 0.25) is 0 Å². The highest BCUT2D eigenvalue weighted by atomic mass is 15.2. The molecule has 0 radical (unpaired) electrons. The summed E-state index contributed by atoms with van der Waals surface area (Å²) in [5, 5.41) is 0. The third-order valence-electron chi connectivity index (χ3n) is 4.87. The molecule has 0 spiro atoms. The maximum absolute atomic E-state index is 6.43. The number of nitrogen functional groups attached to an aromatic ring is 1. The Hall–Kier alpha value is -1.13. The number of rotatable bonds is 2. The monoisotopic (exact) mass is 246 g/mol. The Labute approximate surface area is 108 Å². The second-order valence-corrected chi connectivity index (χ2v) is 5.79. The molecule has 3 heterocycles. The molecule has 0 aliphatic carbocycles. The Morgan fingerprint density at radius 1 is 1.33 bits per heavy atom. The van der Waals surface area contributed by atoms with Crippen LogP contribution >= 0.6 is 0 Å². The average Bonchev–Trinajstić information content (AvgIpc) is 2.61. The normalized spacial score (nSPS) is 33.6. The third-order valence-corrected chi connectivity index (χ3v) is 4.87. The molecule has 2 saturated heterocycles. The number of anilines is 1. The molecular formula is C14H22N4. The van der Waals surface area contributed by atoms with E-state index in [-0.39, 0.29) is 6.04 Å². The van der Waals surface area contributed by atoms with Crippen LogP contribution in [0.3, 0.4) is 0 Å². The van der Waals surface area contributed by atoms with Gasteiger partial charge in [-0.05, 0) is 44.7 Å². The predicted molar refractivity (Wildman–Crippen MR) is 72.9 cm³/mol. The molecule has 3 atom stereocenters. The van der Waals surface area contributed by atoms with Gasteiger partial charge in [0.05, 0.1) is 0 Å². The van der Waals surface area contributed by atoms with E-state index in [4.69, 9.17) is 11.5 Å². The van der Waals surface area contributed by atoms with Gasteiger partial charge in [0.15, 0.2) is 0 Å². The minimum absolute atomic E-state index is 0.0375. The number of hydrogen-bond acceptors (Lipinski definition) is 4. The Kier molecular flexibility index (Phi) is 2.99.